The van der Waals surface area contributed by atoms with Gasteiger partial charge in [0.2, 0.25) is 5.91 Å². The molecule has 1 saturated heterocycles. The van der Waals surface area contributed by atoms with Crippen LogP contribution >= 0.6 is 0 Å². The monoisotopic (exact) mass is 363 g/mol. The number of furan rings is 1. The van der Waals surface area contributed by atoms with Gasteiger partial charge in [-0.25, -0.2) is 4.79 Å². The van der Waals surface area contributed by atoms with Crippen LogP contribution in [0.3, 0.4) is 0 Å². The lowest BCUT2D eigenvalue weighted by molar-refractivity contribution is -0.128. The number of carbonyl (C=O) groups is 2. The number of rotatable bonds is 5. The highest BCUT2D eigenvalue weighted by Crippen LogP contribution is 2.22. The van der Waals surface area contributed by atoms with Gasteiger partial charge in [-0.1, -0.05) is 42.5 Å². The molecule has 1 fully saturated rings. The van der Waals surface area contributed by atoms with Crippen molar-refractivity contribution in [3.63, 3.8) is 0 Å². The van der Waals surface area contributed by atoms with E-state index in [2.05, 4.69) is 28.8 Å². The third-order valence-corrected chi connectivity index (χ3v) is 4.79. The average molecular weight is 363 g/mol. The van der Waals surface area contributed by atoms with Crippen molar-refractivity contribution < 1.29 is 14.0 Å². The van der Waals surface area contributed by atoms with Crippen molar-refractivity contribution in [3.05, 3.63) is 72.2 Å². The lowest BCUT2D eigenvalue weighted by atomic mass is 10.0. The summed E-state index contributed by atoms with van der Waals surface area (Å²) in [6.45, 7) is 1.38. The van der Waals surface area contributed by atoms with Gasteiger partial charge in [0.1, 0.15) is 5.76 Å². The summed E-state index contributed by atoms with van der Waals surface area (Å²) in [6.07, 6.45) is 1.88. The first-order chi connectivity index (χ1) is 13.2. The number of urea groups is 1. The predicted molar refractivity (Wildman–Crippen MR) is 102 cm³/mol. The molecule has 1 atom stereocenters. The van der Waals surface area contributed by atoms with Crippen molar-refractivity contribution in [3.8, 4) is 0 Å². The van der Waals surface area contributed by atoms with Gasteiger partial charge < -0.3 is 20.0 Å². The molecule has 138 valence electrons. The van der Waals surface area contributed by atoms with Crippen LogP contribution in [0.2, 0.25) is 0 Å². The van der Waals surface area contributed by atoms with E-state index in [-0.39, 0.29) is 18.0 Å². The van der Waals surface area contributed by atoms with E-state index in [0.29, 0.717) is 31.8 Å². The fourth-order valence-electron chi connectivity index (χ4n) is 3.47. The molecule has 0 aliphatic carbocycles. The Morgan fingerprint density at radius 1 is 1.11 bits per heavy atom. The molecule has 0 saturated carbocycles. The minimum atomic E-state index is -0.295. The van der Waals surface area contributed by atoms with Gasteiger partial charge in [0.15, 0.2) is 0 Å². The molecule has 6 heteroatoms. The van der Waals surface area contributed by atoms with Crippen molar-refractivity contribution in [1.82, 2.24) is 15.5 Å². The second-order valence-electron chi connectivity index (χ2n) is 6.72. The van der Waals surface area contributed by atoms with Gasteiger partial charge >= 0.3 is 6.03 Å². The lowest BCUT2D eigenvalue weighted by Gasteiger charge is -2.18. The summed E-state index contributed by atoms with van der Waals surface area (Å²) >= 11 is 0. The van der Waals surface area contributed by atoms with Gasteiger partial charge in [-0.2, -0.15) is 0 Å². The SMILES string of the molecule is O=C(NCc1ccco1)NC1CC(=O)N(Cc2cccc3ccccc23)C1. The van der Waals surface area contributed by atoms with Crippen LogP contribution in [-0.4, -0.2) is 29.4 Å². The number of fused-ring (bicyclic) bond motifs is 1. The Morgan fingerprint density at radius 2 is 1.96 bits per heavy atom. The van der Waals surface area contributed by atoms with Crippen LogP contribution in [0.1, 0.15) is 17.7 Å². The van der Waals surface area contributed by atoms with Crippen LogP contribution < -0.4 is 10.6 Å². The summed E-state index contributed by atoms with van der Waals surface area (Å²) in [5.41, 5.74) is 1.12. The number of benzene rings is 2. The number of nitrogens with zero attached hydrogens (tertiary/aromatic N) is 1. The van der Waals surface area contributed by atoms with E-state index in [9.17, 15) is 9.59 Å². The number of hydrogen-bond acceptors (Lipinski definition) is 3. The van der Waals surface area contributed by atoms with Crippen molar-refractivity contribution >= 4 is 22.7 Å². The van der Waals surface area contributed by atoms with Crippen LogP contribution in [-0.2, 0) is 17.9 Å². The fourth-order valence-corrected chi connectivity index (χ4v) is 3.47. The zero-order valence-electron chi connectivity index (χ0n) is 14.9. The summed E-state index contributed by atoms with van der Waals surface area (Å²) in [5.74, 6) is 0.740. The highest BCUT2D eigenvalue weighted by molar-refractivity contribution is 5.87. The van der Waals surface area contributed by atoms with Gasteiger partial charge in [0.05, 0.1) is 18.8 Å². The summed E-state index contributed by atoms with van der Waals surface area (Å²) in [6, 6.07) is 17.4. The maximum absolute atomic E-state index is 12.4. The second-order valence-corrected chi connectivity index (χ2v) is 6.72. The first-order valence-electron chi connectivity index (χ1n) is 9.00. The molecule has 3 aromatic rings. The zero-order valence-corrected chi connectivity index (χ0v) is 14.9. The van der Waals surface area contributed by atoms with Crippen LogP contribution in [0.25, 0.3) is 10.8 Å². The van der Waals surface area contributed by atoms with Gasteiger partial charge in [-0.05, 0) is 28.5 Å². The van der Waals surface area contributed by atoms with E-state index in [4.69, 9.17) is 4.42 Å². The summed E-state index contributed by atoms with van der Waals surface area (Å²) in [7, 11) is 0. The Balaban J connectivity index is 1.35. The molecule has 0 spiro atoms. The standard InChI is InChI=1S/C21H21N3O3/c25-20-11-17(23-21(26)22-12-18-8-4-10-27-18)14-24(20)13-16-7-3-6-15-5-1-2-9-19(15)16/h1-10,17H,11-14H2,(H2,22,23,26). The lowest BCUT2D eigenvalue weighted by Crippen LogP contribution is -2.43. The molecule has 0 radical (unpaired) electrons. The maximum atomic E-state index is 12.4. The smallest absolute Gasteiger partial charge is 0.315 e. The number of amides is 3. The molecule has 27 heavy (non-hydrogen) atoms. The Bertz CT molecular complexity index is 947. The number of carbonyl (C=O) groups excluding carboxylic acids is 2. The molecule has 6 nitrogen and oxygen atoms in total. The molecule has 2 N–H and O–H groups in total. The third kappa shape index (κ3) is 3.95. The molecule has 1 aliphatic heterocycles. The van der Waals surface area contributed by atoms with Crippen LogP contribution in [0, 0.1) is 0 Å². The minimum Gasteiger partial charge on any atom is -0.467 e. The fraction of sp³-hybridized carbons (Fsp3) is 0.238. The van der Waals surface area contributed by atoms with E-state index < -0.39 is 0 Å². The Kier molecular flexibility index (Phi) is 4.78. The third-order valence-electron chi connectivity index (χ3n) is 4.79. The summed E-state index contributed by atoms with van der Waals surface area (Å²) in [5, 5.41) is 7.93. The molecular weight excluding hydrogens is 342 g/mol. The number of nitrogens with one attached hydrogen (secondary N) is 2. The molecule has 1 aromatic heterocycles. The van der Waals surface area contributed by atoms with Crippen LogP contribution in [0.15, 0.2) is 65.3 Å². The molecular formula is C21H21N3O3. The highest BCUT2D eigenvalue weighted by Gasteiger charge is 2.30. The van der Waals surface area contributed by atoms with E-state index in [1.165, 1.54) is 0 Å². The molecule has 2 aromatic carbocycles. The summed E-state index contributed by atoms with van der Waals surface area (Å²) < 4.78 is 5.18. The first-order valence-corrected chi connectivity index (χ1v) is 9.00. The molecule has 2 heterocycles. The van der Waals surface area contributed by atoms with E-state index in [1.807, 2.05) is 24.3 Å². The van der Waals surface area contributed by atoms with Crippen molar-refractivity contribution in [1.29, 1.82) is 0 Å². The highest BCUT2D eigenvalue weighted by atomic mass is 16.3. The van der Waals surface area contributed by atoms with E-state index in [1.54, 1.807) is 23.3 Å². The van der Waals surface area contributed by atoms with E-state index >= 15 is 0 Å². The molecule has 4 rings (SSSR count). The van der Waals surface area contributed by atoms with Crippen molar-refractivity contribution in [2.75, 3.05) is 6.54 Å². The molecule has 3 amide bonds. The zero-order chi connectivity index (χ0) is 18.6. The van der Waals surface area contributed by atoms with Gasteiger partial charge in [-0.3, -0.25) is 4.79 Å². The molecule has 1 aliphatic rings. The van der Waals surface area contributed by atoms with Crippen LogP contribution in [0.4, 0.5) is 4.79 Å². The van der Waals surface area contributed by atoms with Gasteiger partial charge in [0, 0.05) is 19.5 Å². The predicted octanol–water partition coefficient (Wildman–Crippen LogP) is 3.03. The quantitative estimate of drug-likeness (QED) is 0.732. The average Bonchev–Trinajstić information content (AvgIpc) is 3.30. The first kappa shape index (κ1) is 17.1. The van der Waals surface area contributed by atoms with Crippen LogP contribution in [0.5, 0.6) is 0 Å². The van der Waals surface area contributed by atoms with Gasteiger partial charge in [-0.15, -0.1) is 0 Å². The Morgan fingerprint density at radius 3 is 2.81 bits per heavy atom. The molecule has 1 unspecified atom stereocenters. The van der Waals surface area contributed by atoms with Crippen molar-refractivity contribution in [2.45, 2.75) is 25.6 Å². The Labute approximate surface area is 157 Å². The topological polar surface area (TPSA) is 74.6 Å². The van der Waals surface area contributed by atoms with E-state index in [0.717, 1.165) is 16.3 Å². The largest absolute Gasteiger partial charge is 0.467 e. The minimum absolute atomic E-state index is 0.0549. The normalized spacial score (nSPS) is 16.7. The van der Waals surface area contributed by atoms with Crippen molar-refractivity contribution in [2.24, 2.45) is 0 Å². The summed E-state index contributed by atoms with van der Waals surface area (Å²) in [4.78, 5) is 26.2. The van der Waals surface area contributed by atoms with Gasteiger partial charge in [0.25, 0.3) is 0 Å². The number of likely N-dealkylation sites (tertiary alicyclic amines) is 1. The maximum Gasteiger partial charge on any atom is 0.315 e. The second kappa shape index (κ2) is 7.53. The Hall–Kier alpha value is -3.28. The number of hydrogen-bond donors (Lipinski definition) is 2. The molecule has 0 bridgehead atoms.